The van der Waals surface area contributed by atoms with Crippen molar-refractivity contribution in [1.82, 2.24) is 0 Å². The third-order valence-corrected chi connectivity index (χ3v) is 17.9. The average Bonchev–Trinajstić information content (AvgIpc) is 3.62. The van der Waals surface area contributed by atoms with Crippen LogP contribution in [0.4, 0.5) is 28.4 Å². The molecule has 1 aromatic heterocycles. The molecule has 3 aliphatic carbocycles. The van der Waals surface area contributed by atoms with E-state index in [-0.39, 0.29) is 39.3 Å². The third kappa shape index (κ3) is 5.80. The Kier molecular flexibility index (Phi) is 8.26. The van der Waals surface area contributed by atoms with Crippen LogP contribution in [0.15, 0.2) is 101 Å². The molecule has 0 bridgehead atoms. The minimum Gasteiger partial charge on any atom is -0.456 e. The number of aryl methyl sites for hydroxylation is 1. The minimum atomic E-state index is -0.0631. The van der Waals surface area contributed by atoms with Gasteiger partial charge in [0.25, 0.3) is 0 Å². The number of nitrogens with zero attached hydrogens (tertiary/aromatic N) is 2. The fourth-order valence-corrected chi connectivity index (χ4v) is 13.4. The van der Waals surface area contributed by atoms with E-state index in [0.29, 0.717) is 0 Å². The van der Waals surface area contributed by atoms with Crippen LogP contribution in [-0.4, -0.2) is 6.85 Å². The molecular formula is C61H67BN2O. The molecule has 5 aliphatic rings. The smallest absolute Gasteiger partial charge is 0.333 e. The Balaban J connectivity index is 1.22. The van der Waals surface area contributed by atoms with E-state index in [0.717, 1.165) is 11.2 Å². The number of anilines is 5. The van der Waals surface area contributed by atoms with E-state index in [2.05, 4.69) is 197 Å². The molecule has 0 amide bonds. The minimum absolute atomic E-state index is 0.0449. The highest BCUT2D eigenvalue weighted by molar-refractivity contribution is 6.93. The first-order chi connectivity index (χ1) is 30.6. The van der Waals surface area contributed by atoms with Crippen LogP contribution in [0.1, 0.15) is 161 Å². The van der Waals surface area contributed by atoms with Crippen molar-refractivity contribution in [3.05, 3.63) is 136 Å². The summed E-state index contributed by atoms with van der Waals surface area (Å²) in [6, 6.07) is 38.8. The zero-order chi connectivity index (χ0) is 45.5. The van der Waals surface area contributed by atoms with Crippen LogP contribution >= 0.6 is 0 Å². The first kappa shape index (κ1) is 41.2. The van der Waals surface area contributed by atoms with Gasteiger partial charge in [0.1, 0.15) is 11.2 Å². The van der Waals surface area contributed by atoms with Crippen LogP contribution in [0.25, 0.3) is 33.1 Å². The van der Waals surface area contributed by atoms with Crippen LogP contribution in [0.2, 0.25) is 0 Å². The van der Waals surface area contributed by atoms with Gasteiger partial charge < -0.3 is 14.1 Å². The lowest BCUT2D eigenvalue weighted by Crippen LogP contribution is -2.62. The highest BCUT2D eigenvalue weighted by atomic mass is 16.3. The van der Waals surface area contributed by atoms with Crippen molar-refractivity contribution in [2.75, 3.05) is 9.71 Å². The maximum Gasteiger partial charge on any atom is 0.333 e. The molecule has 0 saturated heterocycles. The van der Waals surface area contributed by atoms with Crippen molar-refractivity contribution in [3.63, 3.8) is 0 Å². The molecule has 0 radical (unpaired) electrons. The van der Waals surface area contributed by atoms with Gasteiger partial charge in [-0.1, -0.05) is 126 Å². The van der Waals surface area contributed by atoms with Crippen molar-refractivity contribution in [2.24, 2.45) is 0 Å². The maximum absolute atomic E-state index is 6.74. The van der Waals surface area contributed by atoms with Crippen molar-refractivity contribution < 1.29 is 4.42 Å². The summed E-state index contributed by atoms with van der Waals surface area (Å²) in [5, 5.41) is 2.34. The Morgan fingerprint density at radius 2 is 0.954 bits per heavy atom. The lowest BCUT2D eigenvalue weighted by molar-refractivity contribution is 0.332. The van der Waals surface area contributed by atoms with Gasteiger partial charge in [-0.15, -0.1) is 0 Å². The van der Waals surface area contributed by atoms with Crippen molar-refractivity contribution in [2.45, 2.75) is 161 Å². The molecule has 12 rings (SSSR count). The molecular weight excluding hydrogens is 787 g/mol. The molecule has 330 valence electrons. The van der Waals surface area contributed by atoms with E-state index in [9.17, 15) is 0 Å². The highest BCUT2D eigenvalue weighted by Gasteiger charge is 2.49. The van der Waals surface area contributed by atoms with Crippen LogP contribution in [0.3, 0.4) is 0 Å². The van der Waals surface area contributed by atoms with Gasteiger partial charge >= 0.3 is 6.85 Å². The van der Waals surface area contributed by atoms with E-state index < -0.39 is 0 Å². The summed E-state index contributed by atoms with van der Waals surface area (Å²) < 4.78 is 6.74. The van der Waals surface area contributed by atoms with Crippen molar-refractivity contribution in [3.8, 4) is 11.1 Å². The van der Waals surface area contributed by atoms with E-state index in [1.54, 1.807) is 0 Å². The van der Waals surface area contributed by atoms with Gasteiger partial charge in [0.2, 0.25) is 0 Å². The van der Waals surface area contributed by atoms with E-state index >= 15 is 0 Å². The lowest BCUT2D eigenvalue weighted by Gasteiger charge is -2.49. The molecule has 6 aromatic carbocycles. The number of fused-ring (bicyclic) bond motifs is 10. The summed E-state index contributed by atoms with van der Waals surface area (Å²) >= 11 is 0. The van der Waals surface area contributed by atoms with E-state index in [1.807, 2.05) is 0 Å². The molecule has 0 spiro atoms. The summed E-state index contributed by atoms with van der Waals surface area (Å²) in [6.07, 6.45) is 7.10. The van der Waals surface area contributed by atoms with Crippen LogP contribution < -0.4 is 20.6 Å². The predicted molar refractivity (Wildman–Crippen MR) is 278 cm³/mol. The van der Waals surface area contributed by atoms with Gasteiger partial charge in [0.15, 0.2) is 0 Å². The summed E-state index contributed by atoms with van der Waals surface area (Å²) in [6.45, 7) is 31.9. The molecule has 0 fully saturated rings. The Morgan fingerprint density at radius 3 is 1.57 bits per heavy atom. The second kappa shape index (κ2) is 13.0. The summed E-state index contributed by atoms with van der Waals surface area (Å²) in [5.74, 6) is 0. The van der Waals surface area contributed by atoms with E-state index in [4.69, 9.17) is 4.42 Å². The Hall–Kier alpha value is -5.22. The largest absolute Gasteiger partial charge is 0.456 e. The first-order valence-corrected chi connectivity index (χ1v) is 24.8. The monoisotopic (exact) mass is 855 g/mol. The number of para-hydroxylation sites is 1. The average molecular weight is 855 g/mol. The molecule has 2 aliphatic heterocycles. The Labute approximate surface area is 388 Å². The summed E-state index contributed by atoms with van der Waals surface area (Å²) in [4.78, 5) is 5.45. The van der Waals surface area contributed by atoms with Crippen LogP contribution in [0, 0.1) is 6.92 Å². The second-order valence-electron chi connectivity index (χ2n) is 25.0. The summed E-state index contributed by atoms with van der Waals surface area (Å²) in [7, 11) is 0. The lowest BCUT2D eigenvalue weighted by atomic mass is 9.42. The Morgan fingerprint density at radius 1 is 0.431 bits per heavy atom. The quantitative estimate of drug-likeness (QED) is 0.162. The molecule has 7 aromatic rings. The van der Waals surface area contributed by atoms with Crippen LogP contribution in [0.5, 0.6) is 0 Å². The van der Waals surface area contributed by atoms with Crippen LogP contribution in [-0.2, 0) is 32.5 Å². The maximum atomic E-state index is 6.74. The topological polar surface area (TPSA) is 19.6 Å². The normalized spacial score (nSPS) is 21.0. The SMILES string of the molecule is Cc1cc2c3c(c1)N(c1ccc4c(c1)C(C)(C)CCC4(C)C)c1cc4c(cc1B3N(c1ccc3c(c1)C(C)(C)CCC3(C)C)c1cc3c(cc1-2)oc1ccccc13)C(C)(C)CCC4(C)C. The fourth-order valence-electron chi connectivity index (χ4n) is 13.4. The molecule has 0 unspecified atom stereocenters. The second-order valence-corrected chi connectivity index (χ2v) is 25.0. The number of furan rings is 1. The summed E-state index contributed by atoms with van der Waals surface area (Å²) in [5.41, 5.74) is 24.3. The van der Waals surface area contributed by atoms with Gasteiger partial charge in [0.05, 0.1) is 0 Å². The van der Waals surface area contributed by atoms with Gasteiger partial charge in [-0.05, 0) is 188 Å². The van der Waals surface area contributed by atoms with Crippen molar-refractivity contribution in [1.29, 1.82) is 0 Å². The van der Waals surface area contributed by atoms with E-state index in [1.165, 1.54) is 139 Å². The number of benzene rings is 6. The highest BCUT2D eigenvalue weighted by Crippen LogP contribution is 2.55. The molecule has 4 heteroatoms. The van der Waals surface area contributed by atoms with Gasteiger partial charge in [-0.25, -0.2) is 0 Å². The van der Waals surface area contributed by atoms with Gasteiger partial charge in [0, 0.05) is 44.8 Å². The van der Waals surface area contributed by atoms with Gasteiger partial charge in [-0.3, -0.25) is 0 Å². The fraction of sp³-hybridized carbons (Fsp3) is 0.410. The number of hydrogen-bond acceptors (Lipinski definition) is 3. The number of rotatable bonds is 2. The standard InChI is InChI=1S/C61H67BN2O/c1-36-28-42-40-33-54-41(39-16-14-15-17-53(39)65-54)32-50(40)64(38-19-21-44-46(31-38)59(8,9)25-23-57(44,4)5)62-49-34-47-48(61(12,13)27-26-60(47,10)11)35-51(49)63(52(29-36)55(42)62)37-18-20-43-45(30-37)58(6,7)24-22-56(43,2)3/h14-21,28-35H,22-27H2,1-13H3. The zero-order valence-electron chi connectivity index (χ0n) is 41.4. The predicted octanol–water partition coefficient (Wildman–Crippen LogP) is 15.6. The molecule has 0 N–H and O–H groups in total. The van der Waals surface area contributed by atoms with Crippen molar-refractivity contribution >= 4 is 68.1 Å². The molecule has 0 atom stereocenters. The molecule has 0 saturated carbocycles. The first-order valence-electron chi connectivity index (χ1n) is 24.8. The zero-order valence-corrected chi connectivity index (χ0v) is 41.4. The Bertz CT molecular complexity index is 3210. The third-order valence-electron chi connectivity index (χ3n) is 17.9. The molecule has 65 heavy (non-hydrogen) atoms. The molecule has 3 nitrogen and oxygen atoms in total. The molecule has 3 heterocycles. The number of hydrogen-bond donors (Lipinski definition) is 0. The van der Waals surface area contributed by atoms with Gasteiger partial charge in [-0.2, -0.15) is 0 Å².